The number of nitrogens with zero attached hydrogens (tertiary/aromatic N) is 2. The molecule has 1 aliphatic heterocycles. The van der Waals surface area contributed by atoms with Crippen molar-refractivity contribution in [1.29, 1.82) is 0 Å². The summed E-state index contributed by atoms with van der Waals surface area (Å²) in [6.07, 6.45) is 11.7. The van der Waals surface area contributed by atoms with Crippen molar-refractivity contribution in [3.05, 3.63) is 226 Å². The van der Waals surface area contributed by atoms with Crippen LogP contribution in [-0.2, 0) is 6.42 Å². The summed E-state index contributed by atoms with van der Waals surface area (Å²) in [5, 5.41) is 4.97. The zero-order valence-corrected chi connectivity index (χ0v) is 38.2. The van der Waals surface area contributed by atoms with Crippen LogP contribution in [0.3, 0.4) is 0 Å². The number of furan rings is 1. The number of benzene rings is 7. The number of allylic oxidation sites excluding steroid dienone is 7. The van der Waals surface area contributed by atoms with Gasteiger partial charge < -0.3 is 8.98 Å². The van der Waals surface area contributed by atoms with Crippen molar-refractivity contribution >= 4 is 60.9 Å². The second-order valence-electron chi connectivity index (χ2n) is 18.7. The number of hydrogen-bond acceptors (Lipinski definition) is 2. The molecule has 0 radical (unpaired) electrons. The lowest BCUT2D eigenvalue weighted by atomic mass is 9.82. The minimum atomic E-state index is 0.255. The Hall–Kier alpha value is -7.23. The van der Waals surface area contributed by atoms with Gasteiger partial charge in [-0.05, 0) is 133 Å². The highest BCUT2D eigenvalue weighted by molar-refractivity contribution is 6.18. The van der Waals surface area contributed by atoms with Crippen LogP contribution < -0.4 is 0 Å². The second kappa shape index (κ2) is 16.6. The normalized spacial score (nSPS) is 21.0. The van der Waals surface area contributed by atoms with Gasteiger partial charge in [-0.3, -0.25) is 4.99 Å². The third-order valence-corrected chi connectivity index (χ3v) is 15.0. The van der Waals surface area contributed by atoms with Crippen LogP contribution in [0.4, 0.5) is 0 Å². The SMILES string of the molecule is CC/C1=C(c2ccccc2)/N=C(/c2cccc3c2oc2ccccc23)CC(C)/C(C)=C(\C2=CC(n3c4ccccc4c4c5c(ccc43)CCC(c3ccccc3)c3ccccc3-5)=CCC2)C1. The van der Waals surface area contributed by atoms with Gasteiger partial charge in [0.2, 0.25) is 0 Å². The molecular weight excluding hydrogens is 801 g/mol. The lowest BCUT2D eigenvalue weighted by Crippen LogP contribution is -2.11. The van der Waals surface area contributed by atoms with Crippen LogP contribution in [0.2, 0.25) is 0 Å². The molecule has 3 aliphatic rings. The zero-order chi connectivity index (χ0) is 44.3. The van der Waals surface area contributed by atoms with E-state index < -0.39 is 0 Å². The summed E-state index contributed by atoms with van der Waals surface area (Å²) in [5.74, 6) is 0.604. The predicted octanol–water partition coefficient (Wildman–Crippen LogP) is 17.1. The van der Waals surface area contributed by atoms with Crippen molar-refractivity contribution in [2.24, 2.45) is 10.9 Å². The van der Waals surface area contributed by atoms with Gasteiger partial charge in [0, 0.05) is 44.3 Å². The lowest BCUT2D eigenvalue weighted by Gasteiger charge is -2.24. The van der Waals surface area contributed by atoms with E-state index >= 15 is 0 Å². The molecule has 0 fully saturated rings. The highest BCUT2D eigenvalue weighted by Crippen LogP contribution is 2.48. The third-order valence-electron chi connectivity index (χ3n) is 15.0. The fourth-order valence-corrected chi connectivity index (χ4v) is 11.6. The summed E-state index contributed by atoms with van der Waals surface area (Å²) in [4.78, 5) is 5.75. The molecular formula is C63H54N2O. The zero-order valence-electron chi connectivity index (χ0n) is 38.2. The first-order chi connectivity index (χ1) is 32.5. The van der Waals surface area contributed by atoms with E-state index in [1.54, 1.807) is 0 Å². The standard InChI is InChI=1S/C63H54N2O/c1-4-42-39-55(41(3)40(2)37-56(64-62(42)45-21-9-6-10-22-45)53-30-18-29-52-50-26-14-16-32-59(50)66-63(52)53)46-23-17-24-47(38-46)65-57-31-15-13-28-54(57)61-58(65)36-34-44-33-35-48(43-19-7-5-8-20-43)49-25-11-12-27-51(49)60(44)61/h5-16,18-22,24-32,34,36,38,40,48H,4,17,23,33,35,37,39H2,1-3H3/b55-41-,62-42-,64-56+. The Bertz CT molecular complexity index is 3530. The van der Waals surface area contributed by atoms with Crippen molar-refractivity contribution < 1.29 is 4.42 Å². The third kappa shape index (κ3) is 6.75. The van der Waals surface area contributed by atoms with Crippen molar-refractivity contribution in [1.82, 2.24) is 4.57 Å². The fourth-order valence-electron chi connectivity index (χ4n) is 11.6. The summed E-state index contributed by atoms with van der Waals surface area (Å²) in [5.41, 5.74) is 22.8. The Kier molecular flexibility index (Phi) is 10.2. The first-order valence-corrected chi connectivity index (χ1v) is 24.1. The quantitative estimate of drug-likeness (QED) is 0.164. The molecule has 0 saturated carbocycles. The number of fused-ring (bicyclic) bond motifs is 10. The molecule has 322 valence electrons. The van der Waals surface area contributed by atoms with Crippen molar-refractivity contribution in [3.8, 4) is 11.1 Å². The van der Waals surface area contributed by atoms with Crippen molar-refractivity contribution in [2.45, 2.75) is 71.6 Å². The molecule has 2 aromatic heterocycles. The van der Waals surface area contributed by atoms with Gasteiger partial charge in [-0.1, -0.05) is 165 Å². The molecule has 0 N–H and O–H groups in total. The summed E-state index contributed by atoms with van der Waals surface area (Å²) in [6.45, 7) is 7.11. The highest BCUT2D eigenvalue weighted by atomic mass is 16.3. The number of para-hydroxylation sites is 3. The Morgan fingerprint density at radius 3 is 2.26 bits per heavy atom. The van der Waals surface area contributed by atoms with Gasteiger partial charge in [0.15, 0.2) is 0 Å². The molecule has 0 spiro atoms. The average molecular weight is 855 g/mol. The smallest absolute Gasteiger partial charge is 0.144 e. The van der Waals surface area contributed by atoms with E-state index in [4.69, 9.17) is 9.41 Å². The number of rotatable bonds is 6. The minimum absolute atomic E-state index is 0.255. The molecule has 3 heteroatoms. The molecule has 2 unspecified atom stereocenters. The maximum Gasteiger partial charge on any atom is 0.144 e. The molecule has 0 saturated heterocycles. The highest BCUT2D eigenvalue weighted by Gasteiger charge is 2.29. The van der Waals surface area contributed by atoms with E-state index in [0.717, 1.165) is 89.4 Å². The molecule has 7 aromatic carbocycles. The van der Waals surface area contributed by atoms with E-state index in [1.165, 1.54) is 77.6 Å². The van der Waals surface area contributed by atoms with E-state index in [1.807, 2.05) is 0 Å². The molecule has 2 aliphatic carbocycles. The van der Waals surface area contributed by atoms with Gasteiger partial charge in [0.25, 0.3) is 0 Å². The second-order valence-corrected chi connectivity index (χ2v) is 18.7. The van der Waals surface area contributed by atoms with E-state index in [-0.39, 0.29) is 5.92 Å². The van der Waals surface area contributed by atoms with Crippen LogP contribution in [0.1, 0.15) is 93.0 Å². The largest absolute Gasteiger partial charge is 0.455 e. The first kappa shape index (κ1) is 40.3. The monoisotopic (exact) mass is 854 g/mol. The Balaban J connectivity index is 1.01. The van der Waals surface area contributed by atoms with Crippen LogP contribution >= 0.6 is 0 Å². The van der Waals surface area contributed by atoms with Gasteiger partial charge >= 0.3 is 0 Å². The number of aryl methyl sites for hydroxylation is 1. The van der Waals surface area contributed by atoms with Crippen molar-refractivity contribution in [2.75, 3.05) is 0 Å². The van der Waals surface area contributed by atoms with Crippen LogP contribution in [0.25, 0.3) is 66.3 Å². The summed E-state index contributed by atoms with van der Waals surface area (Å²) in [7, 11) is 0. The average Bonchev–Trinajstić information content (AvgIpc) is 3.88. The lowest BCUT2D eigenvalue weighted by molar-refractivity contribution is 0.666. The van der Waals surface area contributed by atoms with Gasteiger partial charge in [-0.15, -0.1) is 0 Å². The minimum Gasteiger partial charge on any atom is -0.455 e. The van der Waals surface area contributed by atoms with Gasteiger partial charge in [-0.25, -0.2) is 0 Å². The van der Waals surface area contributed by atoms with Gasteiger partial charge in [-0.2, -0.15) is 0 Å². The number of aliphatic imine (C=N–C) groups is 1. The summed E-state index contributed by atoms with van der Waals surface area (Å²) >= 11 is 0. The van der Waals surface area contributed by atoms with Crippen LogP contribution in [-0.4, -0.2) is 10.3 Å². The maximum atomic E-state index is 6.67. The van der Waals surface area contributed by atoms with Gasteiger partial charge in [0.1, 0.15) is 11.2 Å². The predicted molar refractivity (Wildman–Crippen MR) is 278 cm³/mol. The maximum absolute atomic E-state index is 6.67. The van der Waals surface area contributed by atoms with E-state index in [2.05, 4.69) is 201 Å². The summed E-state index contributed by atoms with van der Waals surface area (Å²) in [6, 6.07) is 60.1. The van der Waals surface area contributed by atoms with E-state index in [9.17, 15) is 0 Å². The Morgan fingerprint density at radius 2 is 1.41 bits per heavy atom. The molecule has 0 amide bonds. The van der Waals surface area contributed by atoms with Gasteiger partial charge in [0.05, 0.1) is 22.4 Å². The molecule has 2 atom stereocenters. The Labute approximate surface area is 387 Å². The number of aromatic nitrogens is 1. The molecule has 0 bridgehead atoms. The fraction of sp³-hybridized carbons (Fsp3) is 0.190. The van der Waals surface area contributed by atoms with Crippen LogP contribution in [0, 0.1) is 5.92 Å². The molecule has 3 nitrogen and oxygen atoms in total. The Morgan fingerprint density at radius 1 is 0.682 bits per heavy atom. The summed E-state index contributed by atoms with van der Waals surface area (Å²) < 4.78 is 9.24. The van der Waals surface area contributed by atoms with Crippen LogP contribution in [0.5, 0.6) is 0 Å². The molecule has 9 aromatic rings. The number of hydrogen-bond donors (Lipinski definition) is 0. The van der Waals surface area contributed by atoms with E-state index in [0.29, 0.717) is 5.92 Å². The first-order valence-electron chi connectivity index (χ1n) is 24.1. The topological polar surface area (TPSA) is 30.4 Å². The molecule has 3 heterocycles. The molecule has 12 rings (SSSR count). The molecule has 66 heavy (non-hydrogen) atoms. The van der Waals surface area contributed by atoms with Crippen LogP contribution in [0.15, 0.2) is 208 Å². The van der Waals surface area contributed by atoms with Crippen molar-refractivity contribution in [3.63, 3.8) is 0 Å².